The maximum absolute atomic E-state index is 12.4. The highest BCUT2D eigenvalue weighted by Gasteiger charge is 2.19. The van der Waals surface area contributed by atoms with Crippen LogP contribution in [0.1, 0.15) is 11.1 Å². The third-order valence-corrected chi connectivity index (χ3v) is 9.74. The van der Waals surface area contributed by atoms with Gasteiger partial charge in [0.2, 0.25) is 29.7 Å². The molecule has 0 saturated carbocycles. The first-order valence-electron chi connectivity index (χ1n) is 14.7. The van der Waals surface area contributed by atoms with Gasteiger partial charge in [-0.15, -0.1) is 0 Å². The Kier molecular flexibility index (Phi) is 12.8. The molecular formula is C26H31N11O13S4. The zero-order valence-corrected chi connectivity index (χ0v) is 31.0. The lowest BCUT2D eigenvalue weighted by molar-refractivity contribution is 0.379. The number of benzene rings is 2. The smallest absolute Gasteiger partial charge is 0.322 e. The number of hydrogen-bond acceptors (Lipinski definition) is 20. The lowest BCUT2D eigenvalue weighted by Gasteiger charge is -2.12. The second kappa shape index (κ2) is 16.8. The summed E-state index contributed by atoms with van der Waals surface area (Å²) in [6.07, 6.45) is 2.31. The summed E-state index contributed by atoms with van der Waals surface area (Å²) in [5.41, 5.74) is -0.150. The first-order valence-corrected chi connectivity index (χ1v) is 20.8. The number of rotatable bonds is 18. The van der Waals surface area contributed by atoms with Crippen molar-refractivity contribution in [2.45, 2.75) is 9.79 Å². The summed E-state index contributed by atoms with van der Waals surface area (Å²) in [6.45, 7) is -0.740. The average molecular weight is 834 g/mol. The van der Waals surface area contributed by atoms with E-state index >= 15 is 0 Å². The van der Waals surface area contributed by atoms with Crippen LogP contribution in [-0.2, 0) is 40.5 Å². The van der Waals surface area contributed by atoms with E-state index in [2.05, 4.69) is 56.5 Å². The fourth-order valence-corrected chi connectivity index (χ4v) is 6.31. The van der Waals surface area contributed by atoms with E-state index in [0.29, 0.717) is 0 Å². The molecule has 0 aliphatic rings. The van der Waals surface area contributed by atoms with Gasteiger partial charge in [0.25, 0.3) is 40.5 Å². The van der Waals surface area contributed by atoms with Crippen molar-refractivity contribution >= 4 is 93.7 Å². The molecule has 24 nitrogen and oxygen atoms in total. The van der Waals surface area contributed by atoms with E-state index in [-0.39, 0.29) is 71.3 Å². The molecule has 0 bridgehead atoms. The summed E-state index contributed by atoms with van der Waals surface area (Å²) in [4.78, 5) is 22.8. The standard InChI is InChI=1S/C26H31N11O13S4/c1-27-21-32-25(37-26(36-21)50-2)31-18-8-6-16(20(14-18)54(47,48)49)4-3-15-5-7-17(13-19(15)53(44,45)46)30-24-34-22(28-9-11-51(38,39)40)33-23(35-24)29-10-12-52(41,42)43/h3-8,13-14H,9-12H2,1-2H3,(H,38,39,40)(H,41,42,43)(H,44,45,46)(H,47,48,49)(H2,27,31,32,36,37)(H3,28,29,30,33,34,35). The lowest BCUT2D eigenvalue weighted by Crippen LogP contribution is -2.19. The zero-order valence-electron chi connectivity index (χ0n) is 27.7. The third kappa shape index (κ3) is 12.6. The molecule has 0 atom stereocenters. The largest absolute Gasteiger partial charge is 0.467 e. The Morgan fingerprint density at radius 1 is 0.593 bits per heavy atom. The van der Waals surface area contributed by atoms with E-state index in [1.807, 2.05) is 0 Å². The molecule has 2 aromatic carbocycles. The molecule has 28 heteroatoms. The fourth-order valence-electron chi connectivity index (χ4n) is 4.17. The maximum atomic E-state index is 12.4. The molecule has 0 radical (unpaired) electrons. The van der Waals surface area contributed by atoms with Crippen LogP contribution < -0.4 is 31.3 Å². The van der Waals surface area contributed by atoms with Gasteiger partial charge in [-0.25, -0.2) is 0 Å². The van der Waals surface area contributed by atoms with Crippen LogP contribution in [0.5, 0.6) is 6.01 Å². The monoisotopic (exact) mass is 833 g/mol. The summed E-state index contributed by atoms with van der Waals surface area (Å²) >= 11 is 0. The van der Waals surface area contributed by atoms with E-state index in [1.165, 1.54) is 31.4 Å². The van der Waals surface area contributed by atoms with Crippen LogP contribution in [0.15, 0.2) is 46.2 Å². The lowest BCUT2D eigenvalue weighted by atomic mass is 10.1. The molecule has 4 aromatic rings. The van der Waals surface area contributed by atoms with Crippen LogP contribution in [0.4, 0.5) is 41.1 Å². The van der Waals surface area contributed by atoms with Crippen molar-refractivity contribution in [1.29, 1.82) is 0 Å². The van der Waals surface area contributed by atoms with Gasteiger partial charge in [-0.2, -0.15) is 63.6 Å². The third-order valence-electron chi connectivity index (χ3n) is 6.48. The Bertz CT molecular complexity index is 2430. The van der Waals surface area contributed by atoms with Crippen molar-refractivity contribution in [2.24, 2.45) is 0 Å². The van der Waals surface area contributed by atoms with Gasteiger partial charge in [-0.05, 0) is 35.4 Å². The van der Waals surface area contributed by atoms with Crippen LogP contribution >= 0.6 is 0 Å². The molecular weight excluding hydrogens is 803 g/mol. The van der Waals surface area contributed by atoms with Gasteiger partial charge in [0, 0.05) is 31.5 Å². The van der Waals surface area contributed by atoms with Crippen LogP contribution in [0.25, 0.3) is 12.2 Å². The summed E-state index contributed by atoms with van der Waals surface area (Å²) < 4.78 is 137. The van der Waals surface area contributed by atoms with E-state index in [1.54, 1.807) is 7.05 Å². The number of aromatic nitrogens is 6. The molecule has 54 heavy (non-hydrogen) atoms. The second-order valence-corrected chi connectivity index (χ2v) is 16.4. The van der Waals surface area contributed by atoms with Gasteiger partial charge in [0.1, 0.15) is 9.79 Å². The van der Waals surface area contributed by atoms with Gasteiger partial charge in [-0.1, -0.05) is 24.3 Å². The molecule has 2 heterocycles. The highest BCUT2D eigenvalue weighted by atomic mass is 32.2. The van der Waals surface area contributed by atoms with Crippen molar-refractivity contribution < 1.29 is 56.6 Å². The van der Waals surface area contributed by atoms with E-state index < -0.39 is 61.8 Å². The fraction of sp³-hybridized carbons (Fsp3) is 0.231. The predicted octanol–water partition coefficient (Wildman–Crippen LogP) is 0.857. The van der Waals surface area contributed by atoms with Gasteiger partial charge >= 0.3 is 6.01 Å². The van der Waals surface area contributed by atoms with Crippen molar-refractivity contribution in [3.63, 3.8) is 0 Å². The average Bonchev–Trinajstić information content (AvgIpc) is 3.05. The number of nitrogens with one attached hydrogen (secondary N) is 5. The highest BCUT2D eigenvalue weighted by Crippen LogP contribution is 2.28. The van der Waals surface area contributed by atoms with Gasteiger partial charge < -0.3 is 31.3 Å². The van der Waals surface area contributed by atoms with Crippen LogP contribution in [0.3, 0.4) is 0 Å². The molecule has 4 rings (SSSR count). The van der Waals surface area contributed by atoms with Gasteiger partial charge in [0.05, 0.1) is 18.6 Å². The molecule has 0 unspecified atom stereocenters. The minimum atomic E-state index is -4.95. The molecule has 0 amide bonds. The van der Waals surface area contributed by atoms with Gasteiger partial charge in [0.15, 0.2) is 0 Å². The quantitative estimate of drug-likeness (QED) is 0.0495. The Morgan fingerprint density at radius 3 is 1.37 bits per heavy atom. The van der Waals surface area contributed by atoms with E-state index in [9.17, 15) is 42.8 Å². The molecule has 0 spiro atoms. The van der Waals surface area contributed by atoms with Gasteiger partial charge in [-0.3, -0.25) is 18.2 Å². The molecule has 0 fully saturated rings. The van der Waals surface area contributed by atoms with Crippen molar-refractivity contribution in [3.05, 3.63) is 47.5 Å². The molecule has 292 valence electrons. The normalized spacial score (nSPS) is 12.3. The molecule has 0 aliphatic heterocycles. The first kappa shape index (κ1) is 41.4. The minimum absolute atomic E-state index is 0.0336. The van der Waals surface area contributed by atoms with Crippen molar-refractivity contribution in [3.8, 4) is 6.01 Å². The van der Waals surface area contributed by atoms with Crippen LogP contribution in [0, 0.1) is 0 Å². The first-order chi connectivity index (χ1) is 25.1. The molecule has 0 saturated heterocycles. The molecule has 0 aliphatic carbocycles. The predicted molar refractivity (Wildman–Crippen MR) is 194 cm³/mol. The Morgan fingerprint density at radius 2 is 0.981 bits per heavy atom. The number of nitrogens with zero attached hydrogens (tertiary/aromatic N) is 6. The summed E-state index contributed by atoms with van der Waals surface area (Å²) in [5.74, 6) is -2.22. The summed E-state index contributed by atoms with van der Waals surface area (Å²) in [7, 11) is -15.7. The SMILES string of the molecule is CNc1nc(Nc2ccc(C=Cc3ccc(Nc4nc(NCCS(=O)(=O)O)nc(NCCS(=O)(=O)O)n4)cc3S(=O)(=O)O)c(S(=O)(=O)O)c2)nc(OC)n1. The number of methoxy groups -OCH3 is 1. The second-order valence-electron chi connectivity index (χ2n) is 10.5. The molecule has 9 N–H and O–H groups in total. The topological polar surface area (TPSA) is 364 Å². The number of ether oxygens (including phenoxy) is 1. The zero-order chi connectivity index (χ0) is 39.9. The summed E-state index contributed by atoms with van der Waals surface area (Å²) in [6, 6.07) is 7.20. The number of hydrogen-bond donors (Lipinski definition) is 9. The minimum Gasteiger partial charge on any atom is -0.467 e. The Labute approximate surface area is 308 Å². The van der Waals surface area contributed by atoms with E-state index in [4.69, 9.17) is 13.8 Å². The van der Waals surface area contributed by atoms with Crippen LogP contribution in [-0.4, -0.2) is 121 Å². The van der Waals surface area contributed by atoms with Crippen molar-refractivity contribution in [2.75, 3.05) is 65.3 Å². The van der Waals surface area contributed by atoms with E-state index in [0.717, 1.165) is 24.3 Å². The Balaban J connectivity index is 1.65. The van der Waals surface area contributed by atoms with Crippen LogP contribution in [0.2, 0.25) is 0 Å². The maximum Gasteiger partial charge on any atom is 0.322 e. The van der Waals surface area contributed by atoms with Crippen molar-refractivity contribution in [1.82, 2.24) is 29.9 Å². The highest BCUT2D eigenvalue weighted by molar-refractivity contribution is 7.86. The Hall–Kier alpha value is -5.36. The number of anilines is 7. The molecule has 2 aromatic heterocycles. The summed E-state index contributed by atoms with van der Waals surface area (Å²) in [5, 5.41) is 13.2.